The van der Waals surface area contributed by atoms with E-state index in [-0.39, 0.29) is 18.0 Å². The van der Waals surface area contributed by atoms with Crippen LogP contribution in [-0.2, 0) is 11.3 Å². The summed E-state index contributed by atoms with van der Waals surface area (Å²) in [6, 6.07) is 12.3. The topological polar surface area (TPSA) is 86.9 Å². The largest absolute Gasteiger partial charge is 0.493 e. The van der Waals surface area contributed by atoms with Crippen molar-refractivity contribution >= 4 is 28.7 Å². The molecular weight excluding hydrogens is 432 g/mol. The summed E-state index contributed by atoms with van der Waals surface area (Å²) >= 11 is 6.11. The molecule has 0 fully saturated rings. The van der Waals surface area contributed by atoms with E-state index in [0.717, 1.165) is 11.1 Å². The third-order valence-electron chi connectivity index (χ3n) is 5.05. The van der Waals surface area contributed by atoms with Gasteiger partial charge >= 0.3 is 0 Å². The molecule has 4 aromatic rings. The van der Waals surface area contributed by atoms with Crippen LogP contribution in [0.25, 0.3) is 16.8 Å². The van der Waals surface area contributed by atoms with Crippen molar-refractivity contribution in [3.8, 4) is 22.8 Å². The normalized spacial score (nSPS) is 10.9. The van der Waals surface area contributed by atoms with Gasteiger partial charge in [0.25, 0.3) is 5.56 Å². The van der Waals surface area contributed by atoms with E-state index in [1.807, 2.05) is 19.1 Å². The molecule has 2 aromatic carbocycles. The fourth-order valence-corrected chi connectivity index (χ4v) is 3.49. The van der Waals surface area contributed by atoms with Crippen molar-refractivity contribution < 1.29 is 14.3 Å². The van der Waals surface area contributed by atoms with Gasteiger partial charge in [-0.25, -0.2) is 4.52 Å². The molecule has 2 heterocycles. The molecule has 1 amide bonds. The monoisotopic (exact) mass is 452 g/mol. The van der Waals surface area contributed by atoms with Gasteiger partial charge in [0.05, 0.1) is 19.9 Å². The van der Waals surface area contributed by atoms with Gasteiger partial charge in [0, 0.05) is 28.7 Å². The van der Waals surface area contributed by atoms with E-state index >= 15 is 0 Å². The molecule has 0 aliphatic rings. The molecule has 8 nitrogen and oxygen atoms in total. The lowest BCUT2D eigenvalue weighted by Gasteiger charge is -2.08. The molecular formula is C23H21ClN4O4. The van der Waals surface area contributed by atoms with E-state index in [4.69, 9.17) is 21.1 Å². The zero-order valence-electron chi connectivity index (χ0n) is 17.8. The van der Waals surface area contributed by atoms with Crippen molar-refractivity contribution in [3.05, 3.63) is 75.8 Å². The Bertz CT molecular complexity index is 1380. The zero-order chi connectivity index (χ0) is 22.8. The number of aromatic nitrogens is 3. The van der Waals surface area contributed by atoms with Gasteiger partial charge in [0.15, 0.2) is 11.5 Å². The van der Waals surface area contributed by atoms with Gasteiger partial charge in [-0.05, 0) is 48.9 Å². The van der Waals surface area contributed by atoms with Crippen molar-refractivity contribution in [1.82, 2.24) is 14.2 Å². The van der Waals surface area contributed by atoms with Crippen molar-refractivity contribution in [2.24, 2.45) is 0 Å². The Kier molecular flexibility index (Phi) is 5.87. The number of halogens is 1. The van der Waals surface area contributed by atoms with Crippen LogP contribution in [0, 0.1) is 6.92 Å². The maximum Gasteiger partial charge on any atom is 0.277 e. The minimum Gasteiger partial charge on any atom is -0.493 e. The lowest BCUT2D eigenvalue weighted by molar-refractivity contribution is -0.116. The number of benzene rings is 2. The van der Waals surface area contributed by atoms with E-state index < -0.39 is 0 Å². The first-order valence-electron chi connectivity index (χ1n) is 9.77. The summed E-state index contributed by atoms with van der Waals surface area (Å²) in [4.78, 5) is 25.4. The summed E-state index contributed by atoms with van der Waals surface area (Å²) in [6.45, 7) is 1.74. The number of methoxy groups -OCH3 is 2. The van der Waals surface area contributed by atoms with Crippen molar-refractivity contribution in [1.29, 1.82) is 0 Å². The highest BCUT2D eigenvalue weighted by Crippen LogP contribution is 2.31. The van der Waals surface area contributed by atoms with Gasteiger partial charge in [-0.1, -0.05) is 17.7 Å². The Morgan fingerprint density at radius 2 is 1.84 bits per heavy atom. The molecule has 0 saturated heterocycles. The van der Waals surface area contributed by atoms with E-state index in [2.05, 4.69) is 10.4 Å². The van der Waals surface area contributed by atoms with Crippen LogP contribution >= 0.6 is 11.6 Å². The number of carbonyl (C=O) groups excluding carboxylic acids is 1. The number of aryl methyl sites for hydroxylation is 1. The minimum absolute atomic E-state index is 0.141. The number of anilines is 1. The van der Waals surface area contributed by atoms with Crippen molar-refractivity contribution in [2.75, 3.05) is 19.5 Å². The predicted molar refractivity (Wildman–Crippen MR) is 123 cm³/mol. The van der Waals surface area contributed by atoms with E-state index in [0.29, 0.717) is 33.4 Å². The van der Waals surface area contributed by atoms with Gasteiger partial charge in [0.1, 0.15) is 12.1 Å². The van der Waals surface area contributed by atoms with Crippen LogP contribution < -0.4 is 20.3 Å². The molecule has 0 aliphatic carbocycles. The average Bonchev–Trinajstić information content (AvgIpc) is 3.23. The Morgan fingerprint density at radius 3 is 2.56 bits per heavy atom. The molecule has 0 saturated carbocycles. The number of nitrogens with one attached hydrogen (secondary N) is 1. The zero-order valence-corrected chi connectivity index (χ0v) is 18.5. The fourth-order valence-electron chi connectivity index (χ4n) is 3.31. The molecule has 0 aliphatic heterocycles. The van der Waals surface area contributed by atoms with Crippen LogP contribution in [0.1, 0.15) is 5.56 Å². The first kappa shape index (κ1) is 21.5. The standard InChI is InChI=1S/C23H21ClN4O4/c1-14-4-6-16(11-17(14)24)25-22(29)13-27-8-9-28-19(23(27)30)12-18(26-28)15-5-7-20(31-2)21(10-15)32-3/h4-12H,13H2,1-3H3,(H,25,29). The Labute approximate surface area is 189 Å². The molecule has 1 N–H and O–H groups in total. The van der Waals surface area contributed by atoms with Gasteiger partial charge in [-0.15, -0.1) is 0 Å². The third-order valence-corrected chi connectivity index (χ3v) is 5.46. The van der Waals surface area contributed by atoms with Gasteiger partial charge < -0.3 is 19.4 Å². The fraction of sp³-hybridized carbons (Fsp3) is 0.174. The van der Waals surface area contributed by atoms with E-state index in [1.165, 1.54) is 15.3 Å². The number of hydrogen-bond acceptors (Lipinski definition) is 5. The number of hydrogen-bond donors (Lipinski definition) is 1. The summed E-state index contributed by atoms with van der Waals surface area (Å²) in [5, 5.41) is 7.79. The number of nitrogens with zero attached hydrogens (tertiary/aromatic N) is 3. The number of amides is 1. The van der Waals surface area contributed by atoms with Crippen LogP contribution in [0.3, 0.4) is 0 Å². The summed E-state index contributed by atoms with van der Waals surface area (Å²) < 4.78 is 13.4. The molecule has 0 unspecified atom stereocenters. The van der Waals surface area contributed by atoms with Gasteiger partial charge in [0.2, 0.25) is 5.91 Å². The van der Waals surface area contributed by atoms with Crippen LogP contribution in [0.2, 0.25) is 5.02 Å². The quantitative estimate of drug-likeness (QED) is 0.481. The van der Waals surface area contributed by atoms with E-state index in [9.17, 15) is 9.59 Å². The molecule has 32 heavy (non-hydrogen) atoms. The summed E-state index contributed by atoms with van der Waals surface area (Å²) in [5.74, 6) is 0.826. The molecule has 0 spiro atoms. The molecule has 9 heteroatoms. The number of ether oxygens (including phenoxy) is 2. The summed E-state index contributed by atoms with van der Waals surface area (Å²) in [7, 11) is 3.12. The van der Waals surface area contributed by atoms with Gasteiger partial charge in [-0.3, -0.25) is 9.59 Å². The average molecular weight is 453 g/mol. The summed E-state index contributed by atoms with van der Waals surface area (Å²) in [5.41, 5.74) is 2.87. The smallest absolute Gasteiger partial charge is 0.277 e. The third kappa shape index (κ3) is 4.17. The molecule has 0 bridgehead atoms. The van der Waals surface area contributed by atoms with E-state index in [1.54, 1.807) is 50.7 Å². The Hall–Kier alpha value is -3.78. The second-order valence-electron chi connectivity index (χ2n) is 7.17. The van der Waals surface area contributed by atoms with Crippen LogP contribution in [-0.4, -0.2) is 34.3 Å². The second kappa shape index (κ2) is 8.76. The second-order valence-corrected chi connectivity index (χ2v) is 7.58. The molecule has 164 valence electrons. The molecule has 2 aromatic heterocycles. The lowest BCUT2D eigenvalue weighted by atomic mass is 10.1. The van der Waals surface area contributed by atoms with Gasteiger partial charge in [-0.2, -0.15) is 5.10 Å². The summed E-state index contributed by atoms with van der Waals surface area (Å²) in [6.07, 6.45) is 3.17. The number of fused-ring (bicyclic) bond motifs is 1. The maximum absolute atomic E-state index is 12.9. The highest BCUT2D eigenvalue weighted by atomic mass is 35.5. The van der Waals surface area contributed by atoms with Crippen LogP contribution in [0.15, 0.2) is 59.7 Å². The minimum atomic E-state index is -0.337. The Morgan fingerprint density at radius 1 is 1.06 bits per heavy atom. The lowest BCUT2D eigenvalue weighted by Crippen LogP contribution is -2.28. The first-order valence-corrected chi connectivity index (χ1v) is 10.1. The number of carbonyl (C=O) groups is 1. The molecule has 0 radical (unpaired) electrons. The first-order chi connectivity index (χ1) is 15.4. The van der Waals surface area contributed by atoms with Crippen LogP contribution in [0.4, 0.5) is 5.69 Å². The molecule has 4 rings (SSSR count). The van der Waals surface area contributed by atoms with Crippen molar-refractivity contribution in [2.45, 2.75) is 13.5 Å². The SMILES string of the molecule is COc1ccc(-c2cc3c(=O)n(CC(=O)Nc4ccc(C)c(Cl)c4)ccn3n2)cc1OC. The highest BCUT2D eigenvalue weighted by molar-refractivity contribution is 6.31. The maximum atomic E-state index is 12.9. The highest BCUT2D eigenvalue weighted by Gasteiger charge is 2.13. The molecule has 0 atom stereocenters. The van der Waals surface area contributed by atoms with Crippen LogP contribution in [0.5, 0.6) is 11.5 Å². The predicted octanol–water partition coefficient (Wildman–Crippen LogP) is 3.78. The Balaban J connectivity index is 1.60. The van der Waals surface area contributed by atoms with Crippen molar-refractivity contribution in [3.63, 3.8) is 0 Å². The number of rotatable bonds is 6.